The van der Waals surface area contributed by atoms with Crippen molar-refractivity contribution in [3.63, 3.8) is 0 Å². The molecule has 1 aliphatic heterocycles. The number of hydrazine groups is 1. The summed E-state index contributed by atoms with van der Waals surface area (Å²) in [5.41, 5.74) is 9.70. The number of carbonyl (C=O) groups excluding carboxylic acids is 1. The average Bonchev–Trinajstić information content (AvgIpc) is 2.49. The Hall–Kier alpha value is -2.09. The van der Waals surface area contributed by atoms with E-state index in [1.54, 1.807) is 5.01 Å². The predicted octanol–water partition coefficient (Wildman–Crippen LogP) is 0.727. The van der Waals surface area contributed by atoms with Crippen LogP contribution >= 0.6 is 0 Å². The van der Waals surface area contributed by atoms with Gasteiger partial charge in [-0.25, -0.2) is 15.0 Å². The van der Waals surface area contributed by atoms with E-state index in [1.807, 2.05) is 25.9 Å². The standard InChI is InChI=1S/C14H24N6O2/c1-4-22-14(21)10-6-5-7-20(8-10)13-11(15)12(16-9-17-13)18-19(2)3/h9-10H,4-8,15H2,1-3H3,(H,16,17,18). The molecule has 8 heteroatoms. The van der Waals surface area contributed by atoms with Crippen molar-refractivity contribution in [2.24, 2.45) is 5.92 Å². The predicted molar refractivity (Wildman–Crippen MR) is 85.3 cm³/mol. The maximum absolute atomic E-state index is 11.9. The minimum atomic E-state index is -0.147. The van der Waals surface area contributed by atoms with Crippen LogP contribution in [0.3, 0.4) is 0 Å². The van der Waals surface area contributed by atoms with Crippen LogP contribution in [0.2, 0.25) is 0 Å². The van der Waals surface area contributed by atoms with Gasteiger partial charge in [0.15, 0.2) is 11.6 Å². The molecule has 0 bridgehead atoms. The number of esters is 1. The van der Waals surface area contributed by atoms with Crippen LogP contribution in [0.5, 0.6) is 0 Å². The molecule has 1 saturated heterocycles. The van der Waals surface area contributed by atoms with Gasteiger partial charge in [0.25, 0.3) is 0 Å². The first-order valence-corrected chi connectivity index (χ1v) is 7.49. The highest BCUT2D eigenvalue weighted by atomic mass is 16.5. The zero-order chi connectivity index (χ0) is 16.1. The van der Waals surface area contributed by atoms with E-state index in [9.17, 15) is 4.79 Å². The van der Waals surface area contributed by atoms with Crippen molar-refractivity contribution >= 4 is 23.3 Å². The fraction of sp³-hybridized carbons (Fsp3) is 0.643. The number of aromatic nitrogens is 2. The lowest BCUT2D eigenvalue weighted by molar-refractivity contribution is -0.148. The largest absolute Gasteiger partial charge is 0.466 e. The van der Waals surface area contributed by atoms with Crippen molar-refractivity contribution in [1.82, 2.24) is 15.0 Å². The van der Waals surface area contributed by atoms with E-state index < -0.39 is 0 Å². The molecule has 0 amide bonds. The molecule has 1 aliphatic rings. The number of nitrogens with one attached hydrogen (secondary N) is 1. The summed E-state index contributed by atoms with van der Waals surface area (Å²) in [7, 11) is 3.72. The van der Waals surface area contributed by atoms with Crippen LogP contribution in [0.25, 0.3) is 0 Å². The molecule has 1 unspecified atom stereocenters. The second-order valence-electron chi connectivity index (χ2n) is 5.50. The van der Waals surface area contributed by atoms with Crippen molar-refractivity contribution in [2.75, 3.05) is 49.9 Å². The molecule has 1 aromatic rings. The Morgan fingerprint density at radius 1 is 1.55 bits per heavy atom. The minimum absolute atomic E-state index is 0.131. The van der Waals surface area contributed by atoms with Crippen LogP contribution in [-0.2, 0) is 9.53 Å². The van der Waals surface area contributed by atoms with E-state index in [4.69, 9.17) is 10.5 Å². The van der Waals surface area contributed by atoms with E-state index in [-0.39, 0.29) is 11.9 Å². The Morgan fingerprint density at radius 2 is 2.32 bits per heavy atom. The highest BCUT2D eigenvalue weighted by Gasteiger charge is 2.29. The quantitative estimate of drug-likeness (QED) is 0.607. The molecule has 1 fully saturated rings. The van der Waals surface area contributed by atoms with E-state index in [0.717, 1.165) is 19.4 Å². The van der Waals surface area contributed by atoms with Gasteiger partial charge in [0.05, 0.1) is 12.5 Å². The number of rotatable bonds is 5. The first-order valence-electron chi connectivity index (χ1n) is 7.49. The van der Waals surface area contributed by atoms with Crippen LogP contribution in [0.4, 0.5) is 17.3 Å². The summed E-state index contributed by atoms with van der Waals surface area (Å²) in [4.78, 5) is 22.4. The summed E-state index contributed by atoms with van der Waals surface area (Å²) in [6, 6.07) is 0. The van der Waals surface area contributed by atoms with E-state index in [1.165, 1.54) is 6.33 Å². The molecule has 1 atom stereocenters. The van der Waals surface area contributed by atoms with Gasteiger partial charge >= 0.3 is 5.97 Å². The number of piperidine rings is 1. The van der Waals surface area contributed by atoms with Gasteiger partial charge in [0.2, 0.25) is 0 Å². The fourth-order valence-corrected chi connectivity index (χ4v) is 2.56. The normalized spacial score (nSPS) is 18.4. The average molecular weight is 308 g/mol. The van der Waals surface area contributed by atoms with Crippen molar-refractivity contribution in [3.05, 3.63) is 6.33 Å². The maximum Gasteiger partial charge on any atom is 0.310 e. The van der Waals surface area contributed by atoms with Crippen molar-refractivity contribution in [1.29, 1.82) is 0 Å². The van der Waals surface area contributed by atoms with Gasteiger partial charge in [0.1, 0.15) is 12.0 Å². The van der Waals surface area contributed by atoms with Crippen LogP contribution in [0.15, 0.2) is 6.33 Å². The number of ether oxygens (including phenoxy) is 1. The van der Waals surface area contributed by atoms with Gasteiger partial charge in [-0.05, 0) is 19.8 Å². The Balaban J connectivity index is 2.15. The smallest absolute Gasteiger partial charge is 0.310 e. The lowest BCUT2D eigenvalue weighted by Gasteiger charge is -2.33. The summed E-state index contributed by atoms with van der Waals surface area (Å²) in [5, 5.41) is 1.76. The summed E-state index contributed by atoms with van der Waals surface area (Å²) in [6.45, 7) is 3.61. The summed E-state index contributed by atoms with van der Waals surface area (Å²) >= 11 is 0. The fourth-order valence-electron chi connectivity index (χ4n) is 2.56. The lowest BCUT2D eigenvalue weighted by atomic mass is 9.98. The molecular formula is C14H24N6O2. The number of nitrogens with two attached hydrogens (primary N) is 1. The Labute approximate surface area is 130 Å². The van der Waals surface area contributed by atoms with Crippen molar-refractivity contribution in [2.45, 2.75) is 19.8 Å². The van der Waals surface area contributed by atoms with Gasteiger partial charge in [-0.1, -0.05) is 0 Å². The third-order valence-electron chi connectivity index (χ3n) is 3.53. The van der Waals surface area contributed by atoms with E-state index >= 15 is 0 Å². The Bertz CT molecular complexity index is 522. The maximum atomic E-state index is 11.9. The van der Waals surface area contributed by atoms with Gasteiger partial charge < -0.3 is 20.8 Å². The molecule has 3 N–H and O–H groups in total. The highest BCUT2D eigenvalue weighted by molar-refractivity contribution is 5.77. The van der Waals surface area contributed by atoms with Crippen molar-refractivity contribution < 1.29 is 9.53 Å². The number of hydrogen-bond acceptors (Lipinski definition) is 8. The second-order valence-corrected chi connectivity index (χ2v) is 5.50. The number of anilines is 3. The molecule has 2 heterocycles. The molecule has 2 rings (SSSR count). The van der Waals surface area contributed by atoms with Crippen LogP contribution in [-0.4, -0.2) is 54.7 Å². The number of carbonyl (C=O) groups is 1. The zero-order valence-corrected chi connectivity index (χ0v) is 13.4. The van der Waals surface area contributed by atoms with Gasteiger partial charge in [-0.2, -0.15) is 0 Å². The van der Waals surface area contributed by atoms with Gasteiger partial charge in [-0.15, -0.1) is 0 Å². The van der Waals surface area contributed by atoms with E-state index in [2.05, 4.69) is 15.4 Å². The van der Waals surface area contributed by atoms with Crippen LogP contribution in [0, 0.1) is 5.92 Å². The number of nitrogen functional groups attached to an aromatic ring is 1. The monoisotopic (exact) mass is 308 g/mol. The van der Waals surface area contributed by atoms with E-state index in [0.29, 0.717) is 30.5 Å². The second kappa shape index (κ2) is 7.26. The molecule has 122 valence electrons. The molecular weight excluding hydrogens is 284 g/mol. The molecule has 0 aliphatic carbocycles. The molecule has 8 nitrogen and oxygen atoms in total. The Morgan fingerprint density at radius 3 is 3.00 bits per heavy atom. The molecule has 0 aromatic carbocycles. The third kappa shape index (κ3) is 3.76. The van der Waals surface area contributed by atoms with Crippen molar-refractivity contribution in [3.8, 4) is 0 Å². The first-order chi connectivity index (χ1) is 10.5. The SMILES string of the molecule is CCOC(=O)C1CCCN(c2ncnc(NN(C)C)c2N)C1. The van der Waals surface area contributed by atoms with Crippen LogP contribution in [0.1, 0.15) is 19.8 Å². The zero-order valence-electron chi connectivity index (χ0n) is 13.4. The minimum Gasteiger partial charge on any atom is -0.466 e. The summed E-state index contributed by atoms with van der Waals surface area (Å²) in [5.74, 6) is 0.946. The van der Waals surface area contributed by atoms with Crippen LogP contribution < -0.4 is 16.1 Å². The molecule has 0 saturated carbocycles. The summed E-state index contributed by atoms with van der Waals surface area (Å²) in [6.07, 6.45) is 3.22. The number of hydrogen-bond donors (Lipinski definition) is 2. The Kier molecular flexibility index (Phi) is 5.37. The molecule has 0 radical (unpaired) electrons. The van der Waals surface area contributed by atoms with Gasteiger partial charge in [-0.3, -0.25) is 4.79 Å². The lowest BCUT2D eigenvalue weighted by Crippen LogP contribution is -2.40. The van der Waals surface area contributed by atoms with Gasteiger partial charge in [0, 0.05) is 27.2 Å². The molecule has 22 heavy (non-hydrogen) atoms. The topological polar surface area (TPSA) is 96.6 Å². The third-order valence-corrected chi connectivity index (χ3v) is 3.53. The first kappa shape index (κ1) is 16.3. The molecule has 1 aromatic heterocycles. The number of nitrogens with zero attached hydrogens (tertiary/aromatic N) is 4. The summed E-state index contributed by atoms with van der Waals surface area (Å²) < 4.78 is 5.12. The molecule has 0 spiro atoms. The highest BCUT2D eigenvalue weighted by Crippen LogP contribution is 2.30.